The highest BCUT2D eigenvalue weighted by Gasteiger charge is 2.14. The predicted octanol–water partition coefficient (Wildman–Crippen LogP) is 0.608. The summed E-state index contributed by atoms with van der Waals surface area (Å²) >= 11 is 0. The fourth-order valence-corrected chi connectivity index (χ4v) is 0.303. The molecule has 0 aliphatic heterocycles. The van der Waals surface area contributed by atoms with Gasteiger partial charge in [-0.15, -0.1) is 0 Å². The van der Waals surface area contributed by atoms with E-state index in [0.29, 0.717) is 0 Å². The summed E-state index contributed by atoms with van der Waals surface area (Å²) in [5.74, 6) is 0. The van der Waals surface area contributed by atoms with E-state index in [1.165, 1.54) is 0 Å². The zero-order valence-corrected chi connectivity index (χ0v) is 5.64. The van der Waals surface area contributed by atoms with Crippen LogP contribution in [-0.2, 0) is 4.74 Å². The summed E-state index contributed by atoms with van der Waals surface area (Å²) in [6.07, 6.45) is 1.70. The van der Waals surface area contributed by atoms with Crippen molar-refractivity contribution in [1.82, 2.24) is 0 Å². The average molecular weight is 117 g/mol. The number of aliphatic hydroxyl groups is 1. The lowest BCUT2D eigenvalue weighted by Gasteiger charge is -2.20. The van der Waals surface area contributed by atoms with Gasteiger partial charge in [-0.25, -0.2) is 0 Å². The summed E-state index contributed by atoms with van der Waals surface area (Å²) in [4.78, 5) is 0. The summed E-state index contributed by atoms with van der Waals surface area (Å²) in [5.41, 5.74) is -0.283. The maximum atomic E-state index is 8.40. The van der Waals surface area contributed by atoms with E-state index in [1.807, 2.05) is 13.8 Å². The zero-order valence-electron chi connectivity index (χ0n) is 5.64. The van der Waals surface area contributed by atoms with Crippen molar-refractivity contribution in [2.24, 2.45) is 0 Å². The van der Waals surface area contributed by atoms with Crippen molar-refractivity contribution in [2.45, 2.75) is 19.4 Å². The van der Waals surface area contributed by atoms with Crippen LogP contribution in [0.3, 0.4) is 0 Å². The second-order valence-corrected chi connectivity index (χ2v) is 2.19. The van der Waals surface area contributed by atoms with E-state index in [1.54, 1.807) is 13.5 Å². The number of hydrogen-bond donors (Lipinski definition) is 1. The van der Waals surface area contributed by atoms with Gasteiger partial charge >= 0.3 is 0 Å². The first-order valence-electron chi connectivity index (χ1n) is 2.63. The lowest BCUT2D eigenvalue weighted by atomic mass is 10.1. The van der Waals surface area contributed by atoms with Gasteiger partial charge in [0.15, 0.2) is 0 Å². The molecule has 0 aromatic heterocycles. The van der Waals surface area contributed by atoms with Gasteiger partial charge in [0.1, 0.15) is 0 Å². The first kappa shape index (κ1) is 7.92. The van der Waals surface area contributed by atoms with Crippen molar-refractivity contribution in [2.75, 3.05) is 13.7 Å². The Balaban J connectivity index is 3.37. The monoisotopic (exact) mass is 117 g/mol. The second kappa shape index (κ2) is 3.05. The Morgan fingerprint density at radius 3 is 2.25 bits per heavy atom. The van der Waals surface area contributed by atoms with Gasteiger partial charge in [0.25, 0.3) is 0 Å². The molecule has 0 aliphatic rings. The van der Waals surface area contributed by atoms with Gasteiger partial charge in [0.2, 0.25) is 0 Å². The number of ether oxygens (including phenoxy) is 1. The van der Waals surface area contributed by atoms with Crippen LogP contribution in [0.2, 0.25) is 0 Å². The maximum absolute atomic E-state index is 8.40. The van der Waals surface area contributed by atoms with Crippen LogP contribution < -0.4 is 0 Å². The molecule has 0 aromatic rings. The van der Waals surface area contributed by atoms with E-state index < -0.39 is 0 Å². The van der Waals surface area contributed by atoms with Crippen molar-refractivity contribution in [1.29, 1.82) is 0 Å². The molecule has 49 valence electrons. The molecule has 0 spiro atoms. The van der Waals surface area contributed by atoms with Crippen molar-refractivity contribution >= 4 is 0 Å². The Bertz CT molecular complexity index is 59.5. The Morgan fingerprint density at radius 2 is 2.12 bits per heavy atom. The number of methoxy groups -OCH3 is 1. The summed E-state index contributed by atoms with van der Waals surface area (Å²) in [6, 6.07) is 0. The fourth-order valence-electron chi connectivity index (χ4n) is 0.303. The molecule has 0 fully saturated rings. The van der Waals surface area contributed by atoms with Crippen molar-refractivity contribution in [3.8, 4) is 0 Å². The molecule has 1 N–H and O–H groups in total. The Morgan fingerprint density at radius 1 is 1.62 bits per heavy atom. The molecule has 1 radical (unpaired) electrons. The van der Waals surface area contributed by atoms with E-state index >= 15 is 0 Å². The molecule has 0 unspecified atom stereocenters. The lowest BCUT2D eigenvalue weighted by molar-refractivity contribution is 0.0415. The van der Waals surface area contributed by atoms with Crippen LogP contribution in [0.4, 0.5) is 0 Å². The summed E-state index contributed by atoms with van der Waals surface area (Å²) in [7, 11) is 1.62. The highest BCUT2D eigenvalue weighted by molar-refractivity contribution is 4.84. The van der Waals surface area contributed by atoms with Crippen LogP contribution in [0.5, 0.6) is 0 Å². The van der Waals surface area contributed by atoms with Crippen LogP contribution >= 0.6 is 0 Å². The van der Waals surface area contributed by atoms with Gasteiger partial charge in [0.05, 0.1) is 5.60 Å². The second-order valence-electron chi connectivity index (χ2n) is 2.19. The summed E-state index contributed by atoms with van der Waals surface area (Å²) in [6.45, 7) is 3.85. The van der Waals surface area contributed by atoms with E-state index in [2.05, 4.69) is 0 Å². The fraction of sp³-hybridized carbons (Fsp3) is 0.833. The molecule has 2 heteroatoms. The van der Waals surface area contributed by atoms with Gasteiger partial charge in [-0.1, -0.05) is 0 Å². The molecule has 0 rings (SSSR count). The van der Waals surface area contributed by atoms with Crippen molar-refractivity contribution < 1.29 is 9.84 Å². The molecule has 0 bridgehead atoms. The molecule has 2 nitrogen and oxygen atoms in total. The Kier molecular flexibility index (Phi) is 3.02. The molecular formula is C6H13O2. The standard InChI is InChI=1S/C6H13O2/c1-6(2,8-3)4-5-7/h4,7H,5H2,1-3H3. The lowest BCUT2D eigenvalue weighted by Crippen LogP contribution is -2.24. The number of hydrogen-bond acceptors (Lipinski definition) is 2. The summed E-state index contributed by atoms with van der Waals surface area (Å²) < 4.78 is 4.96. The Labute approximate surface area is 50.5 Å². The molecule has 0 aliphatic carbocycles. The molecule has 0 amide bonds. The van der Waals surface area contributed by atoms with E-state index in [-0.39, 0.29) is 12.2 Å². The maximum Gasteiger partial charge on any atom is 0.0677 e. The minimum Gasteiger partial charge on any atom is -0.396 e. The van der Waals surface area contributed by atoms with E-state index in [0.717, 1.165) is 0 Å². The van der Waals surface area contributed by atoms with Gasteiger partial charge in [0, 0.05) is 20.1 Å². The van der Waals surface area contributed by atoms with Crippen molar-refractivity contribution in [3.05, 3.63) is 6.42 Å². The largest absolute Gasteiger partial charge is 0.396 e. The van der Waals surface area contributed by atoms with Crippen LogP contribution in [0, 0.1) is 6.42 Å². The predicted molar refractivity (Wildman–Crippen MR) is 32.5 cm³/mol. The number of rotatable bonds is 3. The van der Waals surface area contributed by atoms with Gasteiger partial charge in [-0.05, 0) is 13.8 Å². The normalized spacial score (nSPS) is 12.0. The van der Waals surface area contributed by atoms with E-state index in [4.69, 9.17) is 9.84 Å². The molecule has 0 heterocycles. The van der Waals surface area contributed by atoms with Crippen LogP contribution in [0.25, 0.3) is 0 Å². The first-order chi connectivity index (χ1) is 3.62. The van der Waals surface area contributed by atoms with Crippen LogP contribution in [0.15, 0.2) is 0 Å². The molecular weight excluding hydrogens is 104 g/mol. The van der Waals surface area contributed by atoms with Crippen LogP contribution in [-0.4, -0.2) is 24.4 Å². The topological polar surface area (TPSA) is 29.5 Å². The van der Waals surface area contributed by atoms with Gasteiger partial charge in [-0.3, -0.25) is 0 Å². The Hall–Kier alpha value is -0.0800. The third-order valence-electron chi connectivity index (χ3n) is 1.11. The third kappa shape index (κ3) is 2.99. The highest BCUT2D eigenvalue weighted by atomic mass is 16.5. The minimum absolute atomic E-state index is 0.0703. The first-order valence-corrected chi connectivity index (χ1v) is 2.63. The minimum atomic E-state index is -0.283. The zero-order chi connectivity index (χ0) is 6.62. The SMILES string of the molecule is COC(C)(C)[CH]CO. The molecule has 0 atom stereocenters. The third-order valence-corrected chi connectivity index (χ3v) is 1.11. The van der Waals surface area contributed by atoms with Crippen molar-refractivity contribution in [3.63, 3.8) is 0 Å². The highest BCUT2D eigenvalue weighted by Crippen LogP contribution is 2.09. The average Bonchev–Trinajstić information content (AvgIpc) is 1.67. The molecule has 8 heavy (non-hydrogen) atoms. The van der Waals surface area contributed by atoms with Crippen LogP contribution in [0.1, 0.15) is 13.8 Å². The van der Waals surface area contributed by atoms with Gasteiger partial charge < -0.3 is 9.84 Å². The molecule has 0 saturated carbocycles. The quantitative estimate of drug-likeness (QED) is 0.586. The summed E-state index contributed by atoms with van der Waals surface area (Å²) in [5, 5.41) is 8.40. The molecule has 0 saturated heterocycles. The number of aliphatic hydroxyl groups excluding tert-OH is 1. The van der Waals surface area contributed by atoms with E-state index in [9.17, 15) is 0 Å². The molecule has 0 aromatic carbocycles. The van der Waals surface area contributed by atoms with Gasteiger partial charge in [-0.2, -0.15) is 0 Å². The smallest absolute Gasteiger partial charge is 0.0677 e.